The fourth-order valence-electron chi connectivity index (χ4n) is 1.34. The predicted octanol–water partition coefficient (Wildman–Crippen LogP) is 2.19. The summed E-state index contributed by atoms with van der Waals surface area (Å²) in [5.74, 6) is 1.14. The molecule has 5 nitrogen and oxygen atoms in total. The molecule has 0 unspecified atom stereocenters. The first kappa shape index (κ1) is 13.0. The fourth-order valence-corrected chi connectivity index (χ4v) is 1.50. The van der Waals surface area contributed by atoms with E-state index in [0.717, 1.165) is 25.9 Å². The summed E-state index contributed by atoms with van der Waals surface area (Å²) in [5, 5.41) is 3.10. The van der Waals surface area contributed by atoms with Gasteiger partial charge in [0.2, 0.25) is 17.2 Å². The molecule has 0 aliphatic rings. The van der Waals surface area contributed by atoms with E-state index in [1.807, 2.05) is 0 Å². The van der Waals surface area contributed by atoms with Crippen LogP contribution in [0.3, 0.4) is 0 Å². The molecular formula is C10H18ClN5. The Kier molecular flexibility index (Phi) is 5.25. The van der Waals surface area contributed by atoms with Crippen LogP contribution in [-0.2, 0) is 0 Å². The highest BCUT2D eigenvalue weighted by Gasteiger charge is 2.10. The number of nitrogens with one attached hydrogen (secondary N) is 1. The van der Waals surface area contributed by atoms with Crippen molar-refractivity contribution in [3.63, 3.8) is 0 Å². The van der Waals surface area contributed by atoms with Gasteiger partial charge in [-0.05, 0) is 24.9 Å². The van der Waals surface area contributed by atoms with Crippen LogP contribution in [0.4, 0.5) is 11.9 Å². The molecule has 0 atom stereocenters. The van der Waals surface area contributed by atoms with Crippen LogP contribution in [0.1, 0.15) is 26.7 Å². The van der Waals surface area contributed by atoms with E-state index < -0.39 is 0 Å². The van der Waals surface area contributed by atoms with Gasteiger partial charge in [-0.1, -0.05) is 13.3 Å². The molecule has 1 aromatic rings. The van der Waals surface area contributed by atoms with E-state index in [2.05, 4.69) is 39.0 Å². The molecule has 0 amide bonds. The lowest BCUT2D eigenvalue weighted by Crippen LogP contribution is -2.26. The van der Waals surface area contributed by atoms with Crippen LogP contribution in [0.25, 0.3) is 0 Å². The van der Waals surface area contributed by atoms with Gasteiger partial charge in [0.15, 0.2) is 0 Å². The van der Waals surface area contributed by atoms with Crippen molar-refractivity contribution in [2.24, 2.45) is 0 Å². The monoisotopic (exact) mass is 243 g/mol. The second-order valence-corrected chi connectivity index (χ2v) is 3.75. The molecule has 6 heteroatoms. The summed E-state index contributed by atoms with van der Waals surface area (Å²) < 4.78 is 0. The third-order valence-corrected chi connectivity index (χ3v) is 2.44. The number of hydrogen-bond acceptors (Lipinski definition) is 5. The van der Waals surface area contributed by atoms with Gasteiger partial charge in [-0.15, -0.1) is 0 Å². The SMILES string of the molecule is CCCCN(CC)c1nc(Cl)nc(NC)n1. The zero-order valence-electron chi connectivity index (χ0n) is 10.00. The van der Waals surface area contributed by atoms with Gasteiger partial charge in [-0.3, -0.25) is 0 Å². The number of aromatic nitrogens is 3. The molecule has 0 saturated heterocycles. The van der Waals surface area contributed by atoms with Crippen LogP contribution in [0.5, 0.6) is 0 Å². The zero-order chi connectivity index (χ0) is 12.0. The Morgan fingerprint density at radius 3 is 2.56 bits per heavy atom. The maximum atomic E-state index is 5.83. The van der Waals surface area contributed by atoms with Gasteiger partial charge in [0.05, 0.1) is 0 Å². The Morgan fingerprint density at radius 2 is 2.00 bits per heavy atom. The minimum absolute atomic E-state index is 0.226. The lowest BCUT2D eigenvalue weighted by Gasteiger charge is -2.20. The minimum Gasteiger partial charge on any atom is -0.357 e. The van der Waals surface area contributed by atoms with Crippen molar-refractivity contribution in [1.29, 1.82) is 0 Å². The van der Waals surface area contributed by atoms with Crippen molar-refractivity contribution in [1.82, 2.24) is 15.0 Å². The normalized spacial score (nSPS) is 10.2. The Labute approximate surface area is 101 Å². The van der Waals surface area contributed by atoms with Gasteiger partial charge in [-0.2, -0.15) is 15.0 Å². The molecule has 90 valence electrons. The maximum absolute atomic E-state index is 5.83. The fraction of sp³-hybridized carbons (Fsp3) is 0.700. The van der Waals surface area contributed by atoms with Crippen LogP contribution >= 0.6 is 11.6 Å². The third-order valence-electron chi connectivity index (χ3n) is 2.27. The Morgan fingerprint density at radius 1 is 1.25 bits per heavy atom. The number of anilines is 2. The van der Waals surface area contributed by atoms with Crippen molar-refractivity contribution in [3.8, 4) is 0 Å². The van der Waals surface area contributed by atoms with Crippen molar-refractivity contribution < 1.29 is 0 Å². The number of nitrogens with zero attached hydrogens (tertiary/aromatic N) is 4. The van der Waals surface area contributed by atoms with Gasteiger partial charge in [0, 0.05) is 20.1 Å². The van der Waals surface area contributed by atoms with Crippen LogP contribution in [-0.4, -0.2) is 35.1 Å². The Bertz CT molecular complexity index is 331. The average Bonchev–Trinajstić information content (AvgIpc) is 2.29. The second kappa shape index (κ2) is 6.48. The van der Waals surface area contributed by atoms with Crippen LogP contribution in [0.15, 0.2) is 0 Å². The summed E-state index contributed by atoms with van der Waals surface area (Å²) in [7, 11) is 1.76. The summed E-state index contributed by atoms with van der Waals surface area (Å²) in [5.41, 5.74) is 0. The topological polar surface area (TPSA) is 53.9 Å². The highest BCUT2D eigenvalue weighted by atomic mass is 35.5. The lowest BCUT2D eigenvalue weighted by atomic mass is 10.3. The average molecular weight is 244 g/mol. The van der Waals surface area contributed by atoms with E-state index >= 15 is 0 Å². The van der Waals surface area contributed by atoms with Crippen molar-refractivity contribution in [2.75, 3.05) is 30.4 Å². The molecule has 0 fully saturated rings. The van der Waals surface area contributed by atoms with E-state index in [1.54, 1.807) is 7.05 Å². The number of halogens is 1. The molecule has 0 aliphatic carbocycles. The summed E-state index contributed by atoms with van der Waals surface area (Å²) in [6.45, 7) is 6.04. The van der Waals surface area contributed by atoms with Gasteiger partial charge in [0.25, 0.3) is 0 Å². The molecule has 0 aromatic carbocycles. The smallest absolute Gasteiger partial charge is 0.231 e. The highest BCUT2D eigenvalue weighted by molar-refractivity contribution is 6.28. The van der Waals surface area contributed by atoms with E-state index in [4.69, 9.17) is 11.6 Å². The summed E-state index contributed by atoms with van der Waals surface area (Å²) >= 11 is 5.83. The molecule has 0 aliphatic heterocycles. The minimum atomic E-state index is 0.226. The highest BCUT2D eigenvalue weighted by Crippen LogP contribution is 2.13. The van der Waals surface area contributed by atoms with Crippen molar-refractivity contribution >= 4 is 23.5 Å². The quantitative estimate of drug-likeness (QED) is 0.830. The van der Waals surface area contributed by atoms with E-state index in [9.17, 15) is 0 Å². The van der Waals surface area contributed by atoms with Crippen molar-refractivity contribution in [3.05, 3.63) is 5.28 Å². The predicted molar refractivity (Wildman–Crippen MR) is 67.2 cm³/mol. The first-order valence-corrected chi connectivity index (χ1v) is 5.93. The molecule has 16 heavy (non-hydrogen) atoms. The lowest BCUT2D eigenvalue weighted by molar-refractivity contribution is 0.711. The van der Waals surface area contributed by atoms with Crippen molar-refractivity contribution in [2.45, 2.75) is 26.7 Å². The van der Waals surface area contributed by atoms with Crippen LogP contribution in [0.2, 0.25) is 5.28 Å². The molecule has 1 aromatic heterocycles. The standard InChI is InChI=1S/C10H18ClN5/c1-4-6-7-16(5-2)10-14-8(11)13-9(12-3)15-10/h4-7H2,1-3H3,(H,12,13,14,15). The second-order valence-electron chi connectivity index (χ2n) is 3.41. The number of rotatable bonds is 6. The molecule has 0 saturated carbocycles. The zero-order valence-corrected chi connectivity index (χ0v) is 10.8. The van der Waals surface area contributed by atoms with Crippen LogP contribution in [0, 0.1) is 0 Å². The molecule has 1 N–H and O–H groups in total. The van der Waals surface area contributed by atoms with E-state index in [-0.39, 0.29) is 5.28 Å². The first-order valence-electron chi connectivity index (χ1n) is 5.55. The Balaban J connectivity index is 2.86. The van der Waals surface area contributed by atoms with Gasteiger partial charge < -0.3 is 10.2 Å². The number of unbranched alkanes of at least 4 members (excludes halogenated alkanes) is 1. The van der Waals surface area contributed by atoms with Crippen LogP contribution < -0.4 is 10.2 Å². The van der Waals surface area contributed by atoms with Gasteiger partial charge in [0.1, 0.15) is 0 Å². The summed E-state index contributed by atoms with van der Waals surface area (Å²) in [4.78, 5) is 14.5. The molecule has 0 radical (unpaired) electrons. The molecule has 0 bridgehead atoms. The molecular weight excluding hydrogens is 226 g/mol. The molecule has 0 spiro atoms. The Hall–Kier alpha value is -1.10. The molecule has 1 rings (SSSR count). The summed E-state index contributed by atoms with van der Waals surface area (Å²) in [6, 6.07) is 0. The summed E-state index contributed by atoms with van der Waals surface area (Å²) in [6.07, 6.45) is 2.26. The van der Waals surface area contributed by atoms with Gasteiger partial charge in [-0.25, -0.2) is 0 Å². The van der Waals surface area contributed by atoms with Gasteiger partial charge >= 0.3 is 0 Å². The third kappa shape index (κ3) is 3.48. The van der Waals surface area contributed by atoms with E-state index in [0.29, 0.717) is 11.9 Å². The largest absolute Gasteiger partial charge is 0.357 e. The van der Waals surface area contributed by atoms with E-state index in [1.165, 1.54) is 0 Å². The maximum Gasteiger partial charge on any atom is 0.231 e. The first-order chi connectivity index (χ1) is 7.71. The number of hydrogen-bond donors (Lipinski definition) is 1. The molecule has 1 heterocycles.